The number of nitrogens with one attached hydrogen (secondary N) is 1. The predicted octanol–water partition coefficient (Wildman–Crippen LogP) is 1.15. The highest BCUT2D eigenvalue weighted by molar-refractivity contribution is 7.80. The lowest BCUT2D eigenvalue weighted by atomic mass is 9.88. The standard InChI is InChI=1S/C12H25N3OS/c1-5-14-10(16)9-15(4)8-6-7-12(2,3)11(13)17/h5-9H2,1-4H3,(H2,13,17)(H,14,16). The molecule has 1 amide bonds. The van der Waals surface area contributed by atoms with E-state index < -0.39 is 0 Å². The van der Waals surface area contributed by atoms with Gasteiger partial charge in [0.05, 0.1) is 11.5 Å². The number of nitrogens with zero attached hydrogens (tertiary/aromatic N) is 1. The molecule has 5 heteroatoms. The van der Waals surface area contributed by atoms with Gasteiger partial charge in [0, 0.05) is 12.0 Å². The van der Waals surface area contributed by atoms with Gasteiger partial charge in [-0.2, -0.15) is 0 Å². The zero-order valence-electron chi connectivity index (χ0n) is 11.4. The molecule has 0 bridgehead atoms. The van der Waals surface area contributed by atoms with Crippen LogP contribution in [0.3, 0.4) is 0 Å². The van der Waals surface area contributed by atoms with Crippen molar-refractivity contribution in [3.8, 4) is 0 Å². The molecule has 0 aromatic carbocycles. The fourth-order valence-electron chi connectivity index (χ4n) is 1.49. The summed E-state index contributed by atoms with van der Waals surface area (Å²) in [4.78, 5) is 13.9. The van der Waals surface area contributed by atoms with Crippen LogP contribution in [0.4, 0.5) is 0 Å². The number of amides is 1. The first-order valence-corrected chi connectivity index (χ1v) is 6.45. The van der Waals surface area contributed by atoms with Crippen LogP contribution in [0.5, 0.6) is 0 Å². The molecule has 0 aliphatic carbocycles. The Hall–Kier alpha value is -0.680. The molecule has 0 aromatic rings. The second kappa shape index (κ2) is 7.61. The molecule has 0 unspecified atom stereocenters. The topological polar surface area (TPSA) is 58.4 Å². The highest BCUT2D eigenvalue weighted by Crippen LogP contribution is 2.22. The molecular weight excluding hydrogens is 234 g/mol. The van der Waals surface area contributed by atoms with Gasteiger partial charge in [-0.3, -0.25) is 9.69 Å². The molecule has 0 aromatic heterocycles. The predicted molar refractivity (Wildman–Crippen MR) is 76.0 cm³/mol. The fourth-order valence-corrected chi connectivity index (χ4v) is 1.59. The van der Waals surface area contributed by atoms with Crippen molar-refractivity contribution in [2.75, 3.05) is 26.7 Å². The molecule has 4 nitrogen and oxygen atoms in total. The first kappa shape index (κ1) is 16.3. The van der Waals surface area contributed by atoms with Crippen LogP contribution < -0.4 is 11.1 Å². The average molecular weight is 259 g/mol. The molecule has 0 aliphatic rings. The lowest BCUT2D eigenvalue weighted by molar-refractivity contribution is -0.121. The summed E-state index contributed by atoms with van der Waals surface area (Å²) in [6.07, 6.45) is 1.93. The molecule has 0 heterocycles. The summed E-state index contributed by atoms with van der Waals surface area (Å²) in [6.45, 7) is 8.03. The van der Waals surface area contributed by atoms with Gasteiger partial charge in [-0.1, -0.05) is 26.1 Å². The van der Waals surface area contributed by atoms with E-state index in [-0.39, 0.29) is 11.3 Å². The highest BCUT2D eigenvalue weighted by atomic mass is 32.1. The first-order valence-electron chi connectivity index (χ1n) is 6.04. The van der Waals surface area contributed by atoms with E-state index >= 15 is 0 Å². The SMILES string of the molecule is CCNC(=O)CN(C)CCCC(C)(C)C(N)=S. The quantitative estimate of drug-likeness (QED) is 0.642. The fraction of sp³-hybridized carbons (Fsp3) is 0.833. The Labute approximate surface area is 110 Å². The number of hydrogen-bond acceptors (Lipinski definition) is 3. The highest BCUT2D eigenvalue weighted by Gasteiger charge is 2.20. The third-order valence-corrected chi connectivity index (χ3v) is 3.35. The molecule has 17 heavy (non-hydrogen) atoms. The molecule has 0 fully saturated rings. The molecule has 0 rings (SSSR count). The summed E-state index contributed by atoms with van der Waals surface area (Å²) in [5.74, 6) is 0.0728. The van der Waals surface area contributed by atoms with Gasteiger partial charge in [-0.05, 0) is 33.4 Å². The lowest BCUT2D eigenvalue weighted by Gasteiger charge is -2.24. The third-order valence-electron chi connectivity index (χ3n) is 2.80. The van der Waals surface area contributed by atoms with Gasteiger partial charge >= 0.3 is 0 Å². The Bertz CT molecular complexity index is 266. The smallest absolute Gasteiger partial charge is 0.234 e. The van der Waals surface area contributed by atoms with Gasteiger partial charge in [0.15, 0.2) is 0 Å². The van der Waals surface area contributed by atoms with Crippen molar-refractivity contribution in [3.05, 3.63) is 0 Å². The maximum Gasteiger partial charge on any atom is 0.234 e. The molecule has 0 spiro atoms. The number of nitrogens with two attached hydrogens (primary N) is 1. The van der Waals surface area contributed by atoms with Crippen LogP contribution in [0.25, 0.3) is 0 Å². The zero-order valence-corrected chi connectivity index (χ0v) is 12.2. The molecular formula is C12H25N3OS. The van der Waals surface area contributed by atoms with Crippen molar-refractivity contribution >= 4 is 23.1 Å². The lowest BCUT2D eigenvalue weighted by Crippen LogP contribution is -2.36. The van der Waals surface area contributed by atoms with E-state index in [1.807, 2.05) is 18.9 Å². The Balaban J connectivity index is 3.82. The van der Waals surface area contributed by atoms with Crippen molar-refractivity contribution < 1.29 is 4.79 Å². The van der Waals surface area contributed by atoms with Gasteiger partial charge < -0.3 is 11.1 Å². The second-order valence-corrected chi connectivity index (χ2v) is 5.48. The van der Waals surface area contributed by atoms with Gasteiger partial charge in [0.25, 0.3) is 0 Å². The normalized spacial score (nSPS) is 11.6. The van der Waals surface area contributed by atoms with Crippen molar-refractivity contribution in [1.82, 2.24) is 10.2 Å². The van der Waals surface area contributed by atoms with Gasteiger partial charge in [-0.25, -0.2) is 0 Å². The summed E-state index contributed by atoms with van der Waals surface area (Å²) in [5.41, 5.74) is 5.57. The number of likely N-dealkylation sites (N-methyl/N-ethyl adjacent to an activating group) is 2. The number of carbonyl (C=O) groups is 1. The zero-order chi connectivity index (χ0) is 13.5. The second-order valence-electron chi connectivity index (χ2n) is 5.04. The maximum absolute atomic E-state index is 11.3. The van der Waals surface area contributed by atoms with Crippen LogP contribution in [-0.2, 0) is 4.79 Å². The molecule has 0 atom stereocenters. The number of hydrogen-bond donors (Lipinski definition) is 2. The van der Waals surface area contributed by atoms with Gasteiger partial charge in [0.2, 0.25) is 5.91 Å². The Morgan fingerprint density at radius 3 is 2.53 bits per heavy atom. The van der Waals surface area contributed by atoms with Crippen molar-refractivity contribution in [1.29, 1.82) is 0 Å². The van der Waals surface area contributed by atoms with E-state index in [0.717, 1.165) is 19.4 Å². The summed E-state index contributed by atoms with van der Waals surface area (Å²) in [5, 5.41) is 2.78. The summed E-state index contributed by atoms with van der Waals surface area (Å²) >= 11 is 5.02. The monoisotopic (exact) mass is 259 g/mol. The number of rotatable bonds is 8. The van der Waals surface area contributed by atoms with Crippen molar-refractivity contribution in [2.45, 2.75) is 33.6 Å². The van der Waals surface area contributed by atoms with E-state index in [1.54, 1.807) is 0 Å². The molecule has 0 saturated heterocycles. The average Bonchev–Trinajstić information content (AvgIpc) is 2.16. The van der Waals surface area contributed by atoms with E-state index in [4.69, 9.17) is 18.0 Å². The van der Waals surface area contributed by atoms with Crippen molar-refractivity contribution in [3.63, 3.8) is 0 Å². The van der Waals surface area contributed by atoms with E-state index in [0.29, 0.717) is 18.1 Å². The Morgan fingerprint density at radius 2 is 2.06 bits per heavy atom. The van der Waals surface area contributed by atoms with Crippen LogP contribution in [0.2, 0.25) is 0 Å². The largest absolute Gasteiger partial charge is 0.393 e. The maximum atomic E-state index is 11.3. The first-order chi connectivity index (χ1) is 7.79. The molecule has 0 radical (unpaired) electrons. The minimum atomic E-state index is -0.0954. The van der Waals surface area contributed by atoms with Gasteiger partial charge in [-0.15, -0.1) is 0 Å². The minimum absolute atomic E-state index is 0.0728. The number of thiocarbonyl (C=S) groups is 1. The van der Waals surface area contributed by atoms with E-state index in [2.05, 4.69) is 19.2 Å². The Kier molecular flexibility index (Phi) is 7.30. The summed E-state index contributed by atoms with van der Waals surface area (Å²) < 4.78 is 0. The van der Waals surface area contributed by atoms with E-state index in [1.165, 1.54) is 0 Å². The third kappa shape index (κ3) is 7.28. The van der Waals surface area contributed by atoms with Crippen LogP contribution in [0.15, 0.2) is 0 Å². The van der Waals surface area contributed by atoms with Crippen LogP contribution in [-0.4, -0.2) is 42.5 Å². The number of carbonyl (C=O) groups excluding carboxylic acids is 1. The van der Waals surface area contributed by atoms with Crippen LogP contribution in [0.1, 0.15) is 33.6 Å². The molecule has 0 aliphatic heterocycles. The van der Waals surface area contributed by atoms with Crippen LogP contribution in [0, 0.1) is 5.41 Å². The van der Waals surface area contributed by atoms with E-state index in [9.17, 15) is 4.79 Å². The molecule has 100 valence electrons. The molecule has 3 N–H and O–H groups in total. The van der Waals surface area contributed by atoms with Crippen LogP contribution >= 0.6 is 12.2 Å². The minimum Gasteiger partial charge on any atom is -0.393 e. The summed E-state index contributed by atoms with van der Waals surface area (Å²) in [6, 6.07) is 0. The van der Waals surface area contributed by atoms with Gasteiger partial charge in [0.1, 0.15) is 0 Å². The summed E-state index contributed by atoms with van der Waals surface area (Å²) in [7, 11) is 1.95. The molecule has 0 saturated carbocycles. The van der Waals surface area contributed by atoms with Crippen molar-refractivity contribution in [2.24, 2.45) is 11.1 Å². The Morgan fingerprint density at radius 1 is 1.47 bits per heavy atom.